The van der Waals surface area contributed by atoms with Crippen molar-refractivity contribution in [1.82, 2.24) is 5.32 Å². The monoisotopic (exact) mass is 253 g/mol. The zero-order valence-corrected chi connectivity index (χ0v) is 11.7. The number of hydrogen-bond donors (Lipinski definition) is 1. The molecule has 0 spiro atoms. The van der Waals surface area contributed by atoms with Gasteiger partial charge in [-0.3, -0.25) is 0 Å². The molecular weight excluding hydrogens is 226 g/mol. The molecule has 1 N–H and O–H groups in total. The Morgan fingerprint density at radius 2 is 2.06 bits per heavy atom. The lowest BCUT2D eigenvalue weighted by Crippen LogP contribution is -2.35. The maximum atomic E-state index is 6.05. The average molecular weight is 253 g/mol. The Balaban J connectivity index is 1.68. The van der Waals surface area contributed by atoms with Crippen molar-refractivity contribution in [3.63, 3.8) is 0 Å². The average Bonchev–Trinajstić information content (AvgIpc) is 3.18. The summed E-state index contributed by atoms with van der Waals surface area (Å²) in [7, 11) is 1.75. The molecule has 1 fully saturated rings. The molecule has 2 aliphatic rings. The molecule has 104 valence electrons. The van der Waals surface area contributed by atoms with Crippen LogP contribution in [0, 0.1) is 11.8 Å². The van der Waals surface area contributed by atoms with Gasteiger partial charge >= 0.3 is 0 Å². The minimum atomic E-state index is 0.203. The molecule has 0 aromatic rings. The molecule has 3 unspecified atom stereocenters. The van der Waals surface area contributed by atoms with Gasteiger partial charge in [0.1, 0.15) is 0 Å². The summed E-state index contributed by atoms with van der Waals surface area (Å²) in [5, 5.41) is 3.52. The summed E-state index contributed by atoms with van der Waals surface area (Å²) >= 11 is 0. The zero-order chi connectivity index (χ0) is 12.8. The molecule has 0 amide bonds. The molecule has 0 radical (unpaired) electrons. The highest BCUT2D eigenvalue weighted by molar-refractivity contribution is 4.93. The van der Waals surface area contributed by atoms with Crippen LogP contribution in [-0.2, 0) is 9.47 Å². The number of allylic oxidation sites excluding steroid dienone is 2. The van der Waals surface area contributed by atoms with Gasteiger partial charge in [0.25, 0.3) is 0 Å². The van der Waals surface area contributed by atoms with Gasteiger partial charge in [0.15, 0.2) is 0 Å². The van der Waals surface area contributed by atoms with Gasteiger partial charge in [-0.2, -0.15) is 0 Å². The fourth-order valence-electron chi connectivity index (χ4n) is 2.44. The molecule has 18 heavy (non-hydrogen) atoms. The van der Waals surface area contributed by atoms with Gasteiger partial charge < -0.3 is 14.8 Å². The molecular formula is C15H27NO2. The van der Waals surface area contributed by atoms with E-state index in [0.29, 0.717) is 12.5 Å². The van der Waals surface area contributed by atoms with E-state index in [2.05, 4.69) is 24.4 Å². The quantitative estimate of drug-likeness (QED) is 0.674. The third-order valence-electron chi connectivity index (χ3n) is 4.03. The summed E-state index contributed by atoms with van der Waals surface area (Å²) in [6.07, 6.45) is 9.80. The molecule has 0 saturated heterocycles. The van der Waals surface area contributed by atoms with Crippen molar-refractivity contribution in [3.8, 4) is 0 Å². The first-order valence-electron chi connectivity index (χ1n) is 7.28. The predicted molar refractivity (Wildman–Crippen MR) is 73.7 cm³/mol. The van der Waals surface area contributed by atoms with E-state index in [1.807, 2.05) is 0 Å². The Labute approximate surface area is 111 Å². The van der Waals surface area contributed by atoms with Crippen LogP contribution in [0.3, 0.4) is 0 Å². The molecule has 3 nitrogen and oxygen atoms in total. The summed E-state index contributed by atoms with van der Waals surface area (Å²) < 4.78 is 11.3. The summed E-state index contributed by atoms with van der Waals surface area (Å²) in [6, 6.07) is 0.740. The largest absolute Gasteiger partial charge is 0.382 e. The van der Waals surface area contributed by atoms with Crippen LogP contribution in [0.4, 0.5) is 0 Å². The maximum Gasteiger partial charge on any atom is 0.0932 e. The lowest BCUT2D eigenvalue weighted by atomic mass is 9.85. The van der Waals surface area contributed by atoms with Crippen molar-refractivity contribution < 1.29 is 9.47 Å². The van der Waals surface area contributed by atoms with Crippen molar-refractivity contribution in [2.45, 2.75) is 44.8 Å². The molecule has 0 aromatic carbocycles. The Bertz CT molecular complexity index is 263. The minimum Gasteiger partial charge on any atom is -0.382 e. The van der Waals surface area contributed by atoms with Gasteiger partial charge in [-0.05, 0) is 37.5 Å². The van der Waals surface area contributed by atoms with Crippen LogP contribution < -0.4 is 5.32 Å². The summed E-state index contributed by atoms with van der Waals surface area (Å²) in [5.41, 5.74) is 0. The first kappa shape index (κ1) is 14.0. The van der Waals surface area contributed by atoms with E-state index in [1.165, 1.54) is 19.3 Å². The van der Waals surface area contributed by atoms with Gasteiger partial charge in [0.2, 0.25) is 0 Å². The van der Waals surface area contributed by atoms with Crippen molar-refractivity contribution in [1.29, 1.82) is 0 Å². The standard InChI is InChI=1S/C15H27NO2/c1-12-5-3-4-6-13(12)10-18-15(11-17-2)9-16-14-7-8-14/h3-4,12-16H,5-11H2,1-2H3. The predicted octanol–water partition coefficient (Wildman–Crippen LogP) is 2.37. The van der Waals surface area contributed by atoms with E-state index in [-0.39, 0.29) is 6.10 Å². The van der Waals surface area contributed by atoms with Crippen LogP contribution >= 0.6 is 0 Å². The zero-order valence-electron chi connectivity index (χ0n) is 11.7. The fraction of sp³-hybridized carbons (Fsp3) is 0.867. The van der Waals surface area contributed by atoms with Crippen LogP contribution in [0.1, 0.15) is 32.6 Å². The Kier molecular flexibility index (Phi) is 5.67. The molecule has 3 heteroatoms. The van der Waals surface area contributed by atoms with E-state index in [9.17, 15) is 0 Å². The van der Waals surface area contributed by atoms with Gasteiger partial charge in [-0.15, -0.1) is 0 Å². The second-order valence-electron chi connectivity index (χ2n) is 5.77. The number of rotatable bonds is 8. The van der Waals surface area contributed by atoms with E-state index in [0.717, 1.165) is 31.5 Å². The van der Waals surface area contributed by atoms with E-state index in [4.69, 9.17) is 9.47 Å². The molecule has 1 saturated carbocycles. The number of hydrogen-bond acceptors (Lipinski definition) is 3. The SMILES string of the molecule is COCC(CNC1CC1)OCC1CC=CCC1C. The molecule has 2 aliphatic carbocycles. The third kappa shape index (κ3) is 4.71. The Morgan fingerprint density at radius 3 is 2.72 bits per heavy atom. The van der Waals surface area contributed by atoms with Crippen molar-refractivity contribution in [3.05, 3.63) is 12.2 Å². The molecule has 0 bridgehead atoms. The Hall–Kier alpha value is -0.380. The van der Waals surface area contributed by atoms with Gasteiger partial charge in [0, 0.05) is 19.7 Å². The smallest absolute Gasteiger partial charge is 0.0932 e. The first-order valence-corrected chi connectivity index (χ1v) is 7.28. The lowest BCUT2D eigenvalue weighted by Gasteiger charge is -2.27. The van der Waals surface area contributed by atoms with Crippen molar-refractivity contribution in [2.24, 2.45) is 11.8 Å². The number of nitrogens with one attached hydrogen (secondary N) is 1. The Morgan fingerprint density at radius 1 is 1.28 bits per heavy atom. The third-order valence-corrected chi connectivity index (χ3v) is 4.03. The summed E-state index contributed by atoms with van der Waals surface area (Å²) in [4.78, 5) is 0. The van der Waals surface area contributed by atoms with Gasteiger partial charge in [-0.25, -0.2) is 0 Å². The minimum absolute atomic E-state index is 0.203. The molecule has 3 atom stereocenters. The van der Waals surface area contributed by atoms with Crippen molar-refractivity contribution in [2.75, 3.05) is 26.9 Å². The molecule has 2 rings (SSSR count). The van der Waals surface area contributed by atoms with Gasteiger partial charge in [-0.1, -0.05) is 19.1 Å². The highest BCUT2D eigenvalue weighted by Crippen LogP contribution is 2.25. The second-order valence-corrected chi connectivity index (χ2v) is 5.77. The first-order chi connectivity index (χ1) is 8.79. The molecule has 0 aromatic heterocycles. The van der Waals surface area contributed by atoms with Crippen LogP contribution in [0.5, 0.6) is 0 Å². The van der Waals surface area contributed by atoms with E-state index in [1.54, 1.807) is 7.11 Å². The van der Waals surface area contributed by atoms with Crippen LogP contribution in [0.25, 0.3) is 0 Å². The highest BCUT2D eigenvalue weighted by atomic mass is 16.5. The molecule has 0 aliphatic heterocycles. The summed E-state index contributed by atoms with van der Waals surface area (Å²) in [6.45, 7) is 4.81. The summed E-state index contributed by atoms with van der Waals surface area (Å²) in [5.74, 6) is 1.42. The van der Waals surface area contributed by atoms with Crippen LogP contribution in [0.15, 0.2) is 12.2 Å². The topological polar surface area (TPSA) is 30.5 Å². The van der Waals surface area contributed by atoms with E-state index < -0.39 is 0 Å². The normalized spacial score (nSPS) is 29.4. The van der Waals surface area contributed by atoms with E-state index >= 15 is 0 Å². The second kappa shape index (κ2) is 7.27. The highest BCUT2D eigenvalue weighted by Gasteiger charge is 2.24. The van der Waals surface area contributed by atoms with Gasteiger partial charge in [0.05, 0.1) is 19.3 Å². The van der Waals surface area contributed by atoms with Crippen molar-refractivity contribution >= 4 is 0 Å². The number of methoxy groups -OCH3 is 1. The van der Waals surface area contributed by atoms with Crippen LogP contribution in [0.2, 0.25) is 0 Å². The molecule has 0 heterocycles. The fourth-order valence-corrected chi connectivity index (χ4v) is 2.44. The maximum absolute atomic E-state index is 6.05. The van der Waals surface area contributed by atoms with Crippen LogP contribution in [-0.4, -0.2) is 39.0 Å². The lowest BCUT2D eigenvalue weighted by molar-refractivity contribution is -0.0236. The number of ether oxygens (including phenoxy) is 2.